The molecule has 0 aliphatic heterocycles. The predicted molar refractivity (Wildman–Crippen MR) is 109 cm³/mol. The molecule has 1 atom stereocenters. The summed E-state index contributed by atoms with van der Waals surface area (Å²) < 4.78 is 5.28. The van der Waals surface area contributed by atoms with Gasteiger partial charge in [-0.05, 0) is 44.0 Å². The zero-order valence-electron chi connectivity index (χ0n) is 15.8. The van der Waals surface area contributed by atoms with E-state index >= 15 is 0 Å². The highest BCUT2D eigenvalue weighted by atomic mass is 35.5. The smallest absolute Gasteiger partial charge is 0.340 e. The number of para-hydroxylation sites is 1. The van der Waals surface area contributed by atoms with Crippen LogP contribution < -0.4 is 5.32 Å². The molecule has 140 valence electrons. The summed E-state index contributed by atoms with van der Waals surface area (Å²) in [5.41, 5.74) is 3.99. The Morgan fingerprint density at radius 3 is 2.63 bits per heavy atom. The molecule has 2 aromatic carbocycles. The molecule has 3 rings (SSSR count). The lowest BCUT2D eigenvalue weighted by Gasteiger charge is -2.18. The van der Waals surface area contributed by atoms with Crippen LogP contribution in [0.25, 0.3) is 10.9 Å². The molecule has 3 aromatic rings. The van der Waals surface area contributed by atoms with Gasteiger partial charge in [-0.3, -0.25) is 4.98 Å². The topological polar surface area (TPSA) is 51.2 Å². The molecule has 0 spiro atoms. The van der Waals surface area contributed by atoms with Gasteiger partial charge in [-0.1, -0.05) is 48.0 Å². The second kappa shape index (κ2) is 8.51. The van der Waals surface area contributed by atoms with Crippen molar-refractivity contribution in [1.29, 1.82) is 0 Å². The van der Waals surface area contributed by atoms with Crippen molar-refractivity contribution in [2.24, 2.45) is 0 Å². The Hall–Kier alpha value is -2.43. The Morgan fingerprint density at radius 2 is 1.89 bits per heavy atom. The summed E-state index contributed by atoms with van der Waals surface area (Å²) in [5, 5.41) is 5.11. The van der Waals surface area contributed by atoms with Gasteiger partial charge < -0.3 is 10.1 Å². The van der Waals surface area contributed by atoms with E-state index in [1.165, 1.54) is 0 Å². The van der Waals surface area contributed by atoms with Crippen molar-refractivity contribution in [2.75, 3.05) is 6.61 Å². The van der Waals surface area contributed by atoms with Crippen molar-refractivity contribution in [3.63, 3.8) is 0 Å². The van der Waals surface area contributed by atoms with Crippen LogP contribution in [0.4, 0.5) is 0 Å². The van der Waals surface area contributed by atoms with Gasteiger partial charge in [0.15, 0.2) is 0 Å². The molecular weight excluding hydrogens is 360 g/mol. The highest BCUT2D eigenvalue weighted by molar-refractivity contribution is 6.31. The van der Waals surface area contributed by atoms with Crippen LogP contribution in [0.2, 0.25) is 5.02 Å². The van der Waals surface area contributed by atoms with E-state index < -0.39 is 0 Å². The van der Waals surface area contributed by atoms with E-state index in [0.717, 1.165) is 22.0 Å². The summed E-state index contributed by atoms with van der Waals surface area (Å²) >= 11 is 6.30. The summed E-state index contributed by atoms with van der Waals surface area (Å²) in [6, 6.07) is 15.6. The number of esters is 1. The average molecular weight is 383 g/mol. The Morgan fingerprint density at radius 1 is 1.19 bits per heavy atom. The molecule has 4 nitrogen and oxygen atoms in total. The first-order valence-electron chi connectivity index (χ1n) is 9.06. The SMILES string of the molecule is CCOC(=O)c1c(CN[C@H](C)c2ccccc2Cl)nc2ccccc2c1C. The fourth-order valence-corrected chi connectivity index (χ4v) is 3.53. The van der Waals surface area contributed by atoms with Gasteiger partial charge >= 0.3 is 5.97 Å². The number of nitrogens with one attached hydrogen (secondary N) is 1. The highest BCUT2D eigenvalue weighted by Crippen LogP contribution is 2.26. The Labute approximate surface area is 164 Å². The molecule has 0 radical (unpaired) electrons. The molecule has 0 bridgehead atoms. The molecule has 1 N–H and O–H groups in total. The first-order chi connectivity index (χ1) is 13.0. The molecule has 5 heteroatoms. The van der Waals surface area contributed by atoms with Crippen molar-refractivity contribution >= 4 is 28.5 Å². The molecule has 0 aliphatic rings. The van der Waals surface area contributed by atoms with E-state index in [-0.39, 0.29) is 12.0 Å². The van der Waals surface area contributed by atoms with Crippen LogP contribution in [0.5, 0.6) is 0 Å². The largest absolute Gasteiger partial charge is 0.462 e. The van der Waals surface area contributed by atoms with Crippen molar-refractivity contribution in [3.8, 4) is 0 Å². The molecule has 0 saturated carbocycles. The second-order valence-electron chi connectivity index (χ2n) is 6.42. The number of pyridine rings is 1. The maximum Gasteiger partial charge on any atom is 0.340 e. The summed E-state index contributed by atoms with van der Waals surface area (Å²) in [5.74, 6) is -0.338. The van der Waals surface area contributed by atoms with Crippen LogP contribution in [0.15, 0.2) is 48.5 Å². The second-order valence-corrected chi connectivity index (χ2v) is 6.83. The van der Waals surface area contributed by atoms with E-state index in [2.05, 4.69) is 5.32 Å². The number of aromatic nitrogens is 1. The number of hydrogen-bond acceptors (Lipinski definition) is 4. The van der Waals surface area contributed by atoms with Gasteiger partial charge in [0.05, 0.1) is 23.4 Å². The Kier molecular flexibility index (Phi) is 6.09. The molecule has 0 aliphatic carbocycles. The number of fused-ring (bicyclic) bond motifs is 1. The van der Waals surface area contributed by atoms with Gasteiger partial charge in [-0.2, -0.15) is 0 Å². The van der Waals surface area contributed by atoms with Crippen LogP contribution in [-0.4, -0.2) is 17.6 Å². The quantitative estimate of drug-likeness (QED) is 0.593. The number of carbonyl (C=O) groups excluding carboxylic acids is 1. The predicted octanol–water partition coefficient (Wildman–Crippen LogP) is 5.22. The van der Waals surface area contributed by atoms with Gasteiger partial charge in [-0.15, -0.1) is 0 Å². The highest BCUT2D eigenvalue weighted by Gasteiger charge is 2.20. The van der Waals surface area contributed by atoms with Crippen LogP contribution in [0.3, 0.4) is 0 Å². The molecule has 1 heterocycles. The van der Waals surface area contributed by atoms with Crippen molar-refractivity contribution in [1.82, 2.24) is 10.3 Å². The molecule has 0 amide bonds. The fraction of sp³-hybridized carbons (Fsp3) is 0.273. The number of hydrogen-bond donors (Lipinski definition) is 1. The molecule has 27 heavy (non-hydrogen) atoms. The van der Waals surface area contributed by atoms with E-state index in [9.17, 15) is 4.79 Å². The molecular formula is C22H23ClN2O2. The first-order valence-corrected chi connectivity index (χ1v) is 9.43. The monoisotopic (exact) mass is 382 g/mol. The minimum atomic E-state index is -0.338. The van der Waals surface area contributed by atoms with Crippen LogP contribution >= 0.6 is 11.6 Å². The van der Waals surface area contributed by atoms with Gasteiger partial charge in [-0.25, -0.2) is 4.79 Å². The Balaban J connectivity index is 1.96. The van der Waals surface area contributed by atoms with Crippen LogP contribution in [0, 0.1) is 6.92 Å². The van der Waals surface area contributed by atoms with Gasteiger partial charge in [0.1, 0.15) is 0 Å². The number of nitrogens with zero attached hydrogens (tertiary/aromatic N) is 1. The number of benzene rings is 2. The standard InChI is InChI=1S/C22H23ClN2O2/c1-4-27-22(26)21-14(2)16-9-6-8-12-19(16)25-20(21)13-24-15(3)17-10-5-7-11-18(17)23/h5-12,15,24H,4,13H2,1-3H3/t15-/m1/s1. The Bertz CT molecular complexity index is 972. The number of rotatable bonds is 6. The van der Waals surface area contributed by atoms with Crippen molar-refractivity contribution in [3.05, 3.63) is 75.9 Å². The fourth-order valence-electron chi connectivity index (χ4n) is 3.23. The maximum absolute atomic E-state index is 12.6. The summed E-state index contributed by atoms with van der Waals surface area (Å²) in [4.78, 5) is 17.3. The third kappa shape index (κ3) is 4.12. The number of carbonyl (C=O) groups is 1. The zero-order chi connectivity index (χ0) is 19.4. The number of halogens is 1. The van der Waals surface area contributed by atoms with Gasteiger partial charge in [0, 0.05) is 23.0 Å². The van der Waals surface area contributed by atoms with Gasteiger partial charge in [0.2, 0.25) is 0 Å². The van der Waals surface area contributed by atoms with Crippen molar-refractivity contribution in [2.45, 2.75) is 33.4 Å². The summed E-state index contributed by atoms with van der Waals surface area (Å²) in [7, 11) is 0. The normalized spacial score (nSPS) is 12.1. The third-order valence-electron chi connectivity index (χ3n) is 4.65. The number of aryl methyl sites for hydroxylation is 1. The molecule has 0 fully saturated rings. The zero-order valence-corrected chi connectivity index (χ0v) is 16.5. The van der Waals surface area contributed by atoms with Crippen LogP contribution in [-0.2, 0) is 11.3 Å². The van der Waals surface area contributed by atoms with E-state index in [0.29, 0.717) is 29.4 Å². The average Bonchev–Trinajstić information content (AvgIpc) is 2.66. The van der Waals surface area contributed by atoms with E-state index in [4.69, 9.17) is 21.3 Å². The van der Waals surface area contributed by atoms with Gasteiger partial charge in [0.25, 0.3) is 0 Å². The summed E-state index contributed by atoms with van der Waals surface area (Å²) in [6.45, 7) is 6.55. The minimum absolute atomic E-state index is 0.0160. The number of ether oxygens (including phenoxy) is 1. The summed E-state index contributed by atoms with van der Waals surface area (Å²) in [6.07, 6.45) is 0. The lowest BCUT2D eigenvalue weighted by Crippen LogP contribution is -2.22. The van der Waals surface area contributed by atoms with E-state index in [1.54, 1.807) is 6.92 Å². The minimum Gasteiger partial charge on any atom is -0.462 e. The van der Waals surface area contributed by atoms with Crippen LogP contribution in [0.1, 0.15) is 47.1 Å². The lowest BCUT2D eigenvalue weighted by molar-refractivity contribution is 0.0523. The molecule has 1 aromatic heterocycles. The third-order valence-corrected chi connectivity index (χ3v) is 5.00. The van der Waals surface area contributed by atoms with E-state index in [1.807, 2.05) is 62.4 Å². The molecule has 0 saturated heterocycles. The lowest BCUT2D eigenvalue weighted by atomic mass is 10.0. The van der Waals surface area contributed by atoms with Crippen molar-refractivity contribution < 1.29 is 9.53 Å². The maximum atomic E-state index is 12.6. The first kappa shape index (κ1) is 19.3. The molecule has 0 unspecified atom stereocenters.